The van der Waals surface area contributed by atoms with Crippen molar-refractivity contribution in [2.45, 2.75) is 59.8 Å². The van der Waals surface area contributed by atoms with Crippen LogP contribution in [-0.2, 0) is 17.8 Å². The van der Waals surface area contributed by atoms with Gasteiger partial charge >= 0.3 is 5.97 Å². The average Bonchev–Trinajstić information content (AvgIpc) is 3.28. The molecule has 11 heteroatoms. The second-order valence-corrected chi connectivity index (χ2v) is 8.88. The largest absolute Gasteiger partial charge is 0.493 e. The summed E-state index contributed by atoms with van der Waals surface area (Å²) in [6.07, 6.45) is 1.52. The van der Waals surface area contributed by atoms with E-state index in [0.717, 1.165) is 10.1 Å². The lowest BCUT2D eigenvalue weighted by Gasteiger charge is -2.30. The summed E-state index contributed by atoms with van der Waals surface area (Å²) in [7, 11) is 3.16. The first kappa shape index (κ1) is 27.0. The number of aromatic nitrogens is 4. The molecule has 0 bridgehead atoms. The SMILES string of the molecule is CCOC(=O)c1cn(CCN(C(C)C)C(C)C)c2nc(NCc3ccc(OC)c(OC)c3)nn2c1=O. The van der Waals surface area contributed by atoms with Crippen LogP contribution in [0, 0.1) is 0 Å². The fraction of sp³-hybridized carbons (Fsp3) is 0.520. The maximum absolute atomic E-state index is 13.1. The molecule has 0 aliphatic heterocycles. The predicted octanol–water partition coefficient (Wildman–Crippen LogP) is 2.82. The quantitative estimate of drug-likeness (QED) is 0.375. The van der Waals surface area contributed by atoms with Gasteiger partial charge in [0.1, 0.15) is 5.56 Å². The van der Waals surface area contributed by atoms with Crippen molar-refractivity contribution < 1.29 is 19.0 Å². The minimum Gasteiger partial charge on any atom is -0.493 e. The molecule has 36 heavy (non-hydrogen) atoms. The van der Waals surface area contributed by atoms with Crippen molar-refractivity contribution in [2.24, 2.45) is 0 Å². The minimum atomic E-state index is -0.682. The summed E-state index contributed by atoms with van der Waals surface area (Å²) in [6.45, 7) is 12.0. The van der Waals surface area contributed by atoms with Crippen molar-refractivity contribution in [1.82, 2.24) is 24.1 Å². The Hall–Kier alpha value is -3.60. The molecule has 0 saturated carbocycles. The molecular weight excluding hydrogens is 464 g/mol. The van der Waals surface area contributed by atoms with E-state index in [-0.39, 0.29) is 18.1 Å². The molecule has 0 saturated heterocycles. The second kappa shape index (κ2) is 11.9. The highest BCUT2D eigenvalue weighted by Gasteiger charge is 2.21. The molecule has 0 aliphatic rings. The number of anilines is 1. The summed E-state index contributed by atoms with van der Waals surface area (Å²) >= 11 is 0. The van der Waals surface area contributed by atoms with Crippen molar-refractivity contribution in [3.05, 3.63) is 45.9 Å². The van der Waals surface area contributed by atoms with Gasteiger partial charge in [-0.15, -0.1) is 5.10 Å². The molecule has 0 amide bonds. The minimum absolute atomic E-state index is 0.0821. The molecule has 196 valence electrons. The molecule has 0 fully saturated rings. The van der Waals surface area contributed by atoms with Gasteiger partial charge in [-0.3, -0.25) is 9.69 Å². The van der Waals surface area contributed by atoms with Crippen molar-refractivity contribution in [3.63, 3.8) is 0 Å². The van der Waals surface area contributed by atoms with Gasteiger partial charge in [-0.05, 0) is 52.3 Å². The summed E-state index contributed by atoms with van der Waals surface area (Å²) < 4.78 is 18.7. The third kappa shape index (κ3) is 5.96. The number of nitrogens with zero attached hydrogens (tertiary/aromatic N) is 5. The van der Waals surface area contributed by atoms with Gasteiger partial charge in [0.25, 0.3) is 5.56 Å². The monoisotopic (exact) mass is 500 g/mol. The Balaban J connectivity index is 1.95. The number of nitrogens with one attached hydrogen (secondary N) is 1. The van der Waals surface area contributed by atoms with Crippen LogP contribution in [0.5, 0.6) is 11.5 Å². The molecule has 0 atom stereocenters. The molecule has 1 N–H and O–H groups in total. The number of ether oxygens (including phenoxy) is 3. The van der Waals surface area contributed by atoms with E-state index < -0.39 is 11.5 Å². The highest BCUT2D eigenvalue weighted by atomic mass is 16.5. The first-order valence-corrected chi connectivity index (χ1v) is 12.1. The molecule has 1 aromatic carbocycles. The van der Waals surface area contributed by atoms with Gasteiger partial charge in [-0.2, -0.15) is 9.50 Å². The number of fused-ring (bicyclic) bond motifs is 1. The van der Waals surface area contributed by atoms with Crippen LogP contribution < -0.4 is 20.3 Å². The highest BCUT2D eigenvalue weighted by molar-refractivity contribution is 5.88. The van der Waals surface area contributed by atoms with Crippen LogP contribution in [0.2, 0.25) is 0 Å². The maximum Gasteiger partial charge on any atom is 0.345 e. The predicted molar refractivity (Wildman–Crippen MR) is 137 cm³/mol. The van der Waals surface area contributed by atoms with Crippen molar-refractivity contribution in [1.29, 1.82) is 0 Å². The van der Waals surface area contributed by atoms with Crippen molar-refractivity contribution >= 4 is 17.7 Å². The van der Waals surface area contributed by atoms with E-state index in [1.54, 1.807) is 25.7 Å². The topological polar surface area (TPSA) is 112 Å². The summed E-state index contributed by atoms with van der Waals surface area (Å²) in [6, 6.07) is 6.24. The maximum atomic E-state index is 13.1. The zero-order valence-corrected chi connectivity index (χ0v) is 22.1. The summed E-state index contributed by atoms with van der Waals surface area (Å²) in [5.74, 6) is 1.17. The molecular formula is C25H36N6O5. The molecule has 0 unspecified atom stereocenters. The van der Waals surface area contributed by atoms with Gasteiger partial charge in [0.15, 0.2) is 11.5 Å². The lowest BCUT2D eigenvalue weighted by atomic mass is 10.2. The van der Waals surface area contributed by atoms with Gasteiger partial charge in [0.2, 0.25) is 11.7 Å². The molecule has 0 aliphatic carbocycles. The summed E-state index contributed by atoms with van der Waals surface area (Å²) in [5.41, 5.74) is 0.260. The van der Waals surface area contributed by atoms with Crippen LogP contribution in [0.1, 0.15) is 50.5 Å². The number of methoxy groups -OCH3 is 2. The van der Waals surface area contributed by atoms with E-state index in [4.69, 9.17) is 14.2 Å². The Bertz CT molecular complexity index is 1240. The Kier molecular flexibility index (Phi) is 8.92. The molecule has 3 aromatic rings. The van der Waals surface area contributed by atoms with Crippen molar-refractivity contribution in [3.8, 4) is 11.5 Å². The first-order chi connectivity index (χ1) is 17.2. The number of hydrogen-bond acceptors (Lipinski definition) is 9. The number of benzene rings is 1. The van der Waals surface area contributed by atoms with Gasteiger partial charge in [0, 0.05) is 37.9 Å². The number of carbonyl (C=O) groups excluding carboxylic acids is 1. The second-order valence-electron chi connectivity index (χ2n) is 8.88. The van der Waals surface area contributed by atoms with Gasteiger partial charge in [0.05, 0.1) is 20.8 Å². The van der Waals surface area contributed by atoms with Crippen LogP contribution in [0.4, 0.5) is 5.95 Å². The highest BCUT2D eigenvalue weighted by Crippen LogP contribution is 2.27. The lowest BCUT2D eigenvalue weighted by Crippen LogP contribution is -2.39. The van der Waals surface area contributed by atoms with E-state index in [0.29, 0.717) is 49.0 Å². The molecule has 2 heterocycles. The Labute approximate surface area is 211 Å². The van der Waals surface area contributed by atoms with E-state index in [2.05, 4.69) is 48.0 Å². The first-order valence-electron chi connectivity index (χ1n) is 12.1. The van der Waals surface area contributed by atoms with Gasteiger partial charge < -0.3 is 24.1 Å². The molecule has 11 nitrogen and oxygen atoms in total. The molecule has 3 rings (SSSR count). The van der Waals surface area contributed by atoms with Crippen LogP contribution in [0.25, 0.3) is 5.78 Å². The number of hydrogen-bond donors (Lipinski definition) is 1. The summed E-state index contributed by atoms with van der Waals surface area (Å²) in [4.78, 5) is 32.5. The van der Waals surface area contributed by atoms with Gasteiger partial charge in [-0.25, -0.2) is 4.79 Å². The third-order valence-electron chi connectivity index (χ3n) is 5.87. The number of esters is 1. The van der Waals surface area contributed by atoms with Gasteiger partial charge in [-0.1, -0.05) is 6.07 Å². The van der Waals surface area contributed by atoms with E-state index in [9.17, 15) is 9.59 Å². The van der Waals surface area contributed by atoms with Crippen LogP contribution in [0.15, 0.2) is 29.2 Å². The summed E-state index contributed by atoms with van der Waals surface area (Å²) in [5, 5.41) is 7.50. The zero-order valence-electron chi connectivity index (χ0n) is 22.1. The Morgan fingerprint density at radius 2 is 1.81 bits per heavy atom. The van der Waals surface area contributed by atoms with Crippen LogP contribution >= 0.6 is 0 Å². The van der Waals surface area contributed by atoms with E-state index >= 15 is 0 Å². The third-order valence-corrected chi connectivity index (χ3v) is 5.87. The smallest absolute Gasteiger partial charge is 0.345 e. The zero-order chi connectivity index (χ0) is 26.4. The normalized spacial score (nSPS) is 11.5. The standard InChI is InChI=1S/C25H36N6O5/c1-8-36-23(33)19-15-29(11-12-30(16(2)3)17(4)5)25-27-24(28-31(25)22(19)32)26-14-18-9-10-20(34-6)21(13-18)35-7/h9-10,13,15-17H,8,11-12,14H2,1-7H3,(H,26,28). The molecule has 0 radical (unpaired) electrons. The Morgan fingerprint density at radius 1 is 1.11 bits per heavy atom. The molecule has 2 aromatic heterocycles. The van der Waals surface area contributed by atoms with Crippen LogP contribution in [0.3, 0.4) is 0 Å². The number of rotatable bonds is 12. The fourth-order valence-corrected chi connectivity index (χ4v) is 4.10. The van der Waals surface area contributed by atoms with E-state index in [1.165, 1.54) is 6.20 Å². The lowest BCUT2D eigenvalue weighted by molar-refractivity contribution is 0.0522. The van der Waals surface area contributed by atoms with Crippen LogP contribution in [-0.4, -0.2) is 69.5 Å². The van der Waals surface area contributed by atoms with Crippen molar-refractivity contribution in [2.75, 3.05) is 32.7 Å². The Morgan fingerprint density at radius 3 is 2.42 bits per heavy atom. The average molecular weight is 501 g/mol. The fourth-order valence-electron chi connectivity index (χ4n) is 4.10. The number of carbonyl (C=O) groups is 1. The van der Waals surface area contributed by atoms with E-state index in [1.807, 2.05) is 18.2 Å². The molecule has 0 spiro atoms.